The summed E-state index contributed by atoms with van der Waals surface area (Å²) in [7, 11) is -2.50. The van der Waals surface area contributed by atoms with Crippen LogP contribution in [0.15, 0.2) is 58.8 Å². The number of thioether (sulfide) groups is 1. The molecule has 0 saturated carbocycles. The van der Waals surface area contributed by atoms with Gasteiger partial charge in [0, 0.05) is 13.6 Å². The molecule has 0 bridgehead atoms. The minimum atomic E-state index is -3.93. The number of nitrogens with one attached hydrogen (secondary N) is 1. The molecule has 1 aliphatic rings. The Balaban J connectivity index is 1.77. The second kappa shape index (κ2) is 9.21. The van der Waals surface area contributed by atoms with Gasteiger partial charge in [-0.15, -0.1) is 0 Å². The molecule has 2 unspecified atom stereocenters. The number of rotatable bonds is 7. The minimum Gasteiger partial charge on any atom is -0.369 e. The van der Waals surface area contributed by atoms with Gasteiger partial charge in [0.05, 0.1) is 16.9 Å². The SMILES string of the molecule is Cc1ccc(CN(C)S(=O)(=O)C2=CC(C(N)=O)C(NC(=O)c3ccccc3F)S2)cc1. The third-order valence-corrected chi connectivity index (χ3v) is 8.34. The summed E-state index contributed by atoms with van der Waals surface area (Å²) in [6.07, 6.45) is 1.24. The summed E-state index contributed by atoms with van der Waals surface area (Å²) in [6, 6.07) is 12.8. The highest BCUT2D eigenvalue weighted by Gasteiger charge is 2.40. The molecule has 0 saturated heterocycles. The van der Waals surface area contributed by atoms with Crippen LogP contribution < -0.4 is 11.1 Å². The number of nitrogens with zero attached hydrogens (tertiary/aromatic N) is 1. The molecule has 3 N–H and O–H groups in total. The lowest BCUT2D eigenvalue weighted by atomic mass is 10.1. The van der Waals surface area contributed by atoms with Crippen molar-refractivity contribution in [2.24, 2.45) is 11.7 Å². The molecule has 2 amide bonds. The molecule has 1 aliphatic heterocycles. The van der Waals surface area contributed by atoms with E-state index in [1.807, 2.05) is 31.2 Å². The van der Waals surface area contributed by atoms with Crippen LogP contribution in [-0.2, 0) is 21.4 Å². The molecule has 10 heteroatoms. The molecule has 0 aliphatic carbocycles. The zero-order chi connectivity index (χ0) is 22.8. The van der Waals surface area contributed by atoms with Gasteiger partial charge in [0.1, 0.15) is 10.1 Å². The quantitative estimate of drug-likeness (QED) is 0.655. The normalized spacial score (nSPS) is 18.6. The van der Waals surface area contributed by atoms with E-state index < -0.39 is 38.9 Å². The van der Waals surface area contributed by atoms with Crippen LogP contribution in [-0.4, -0.2) is 37.0 Å². The predicted molar refractivity (Wildman–Crippen MR) is 118 cm³/mol. The van der Waals surface area contributed by atoms with Crippen LogP contribution in [0, 0.1) is 18.7 Å². The third kappa shape index (κ3) is 5.15. The lowest BCUT2D eigenvalue weighted by molar-refractivity contribution is -0.120. The summed E-state index contributed by atoms with van der Waals surface area (Å²) in [4.78, 5) is 24.3. The number of primary amides is 1. The highest BCUT2D eigenvalue weighted by molar-refractivity contribution is 8.18. The Morgan fingerprint density at radius 1 is 1.16 bits per heavy atom. The van der Waals surface area contributed by atoms with Crippen LogP contribution in [0.2, 0.25) is 0 Å². The molecular formula is C21H22FN3O4S2. The summed E-state index contributed by atoms with van der Waals surface area (Å²) in [5, 5.41) is 1.54. The van der Waals surface area contributed by atoms with E-state index in [4.69, 9.17) is 5.73 Å². The summed E-state index contributed by atoms with van der Waals surface area (Å²) in [5.74, 6) is -3.34. The molecule has 31 heavy (non-hydrogen) atoms. The third-order valence-electron chi connectivity index (χ3n) is 4.80. The number of amides is 2. The maximum atomic E-state index is 13.9. The van der Waals surface area contributed by atoms with Gasteiger partial charge in [-0.25, -0.2) is 12.8 Å². The summed E-state index contributed by atoms with van der Waals surface area (Å²) < 4.78 is 41.0. The van der Waals surface area contributed by atoms with Crippen molar-refractivity contribution in [1.29, 1.82) is 0 Å². The Labute approximate surface area is 184 Å². The van der Waals surface area contributed by atoms with Crippen molar-refractivity contribution in [3.63, 3.8) is 0 Å². The van der Waals surface area contributed by atoms with Gasteiger partial charge in [-0.2, -0.15) is 4.31 Å². The molecule has 2 aromatic carbocycles. The number of halogens is 1. The number of nitrogens with two attached hydrogens (primary N) is 1. The first kappa shape index (κ1) is 23.0. The van der Waals surface area contributed by atoms with Crippen molar-refractivity contribution in [1.82, 2.24) is 9.62 Å². The van der Waals surface area contributed by atoms with Gasteiger partial charge in [-0.05, 0) is 30.7 Å². The molecule has 3 rings (SSSR count). The number of carbonyl (C=O) groups is 2. The van der Waals surface area contributed by atoms with Crippen molar-refractivity contribution in [3.05, 3.63) is 81.4 Å². The molecule has 0 fully saturated rings. The fraction of sp³-hybridized carbons (Fsp3) is 0.238. The van der Waals surface area contributed by atoms with Gasteiger partial charge in [0.2, 0.25) is 15.9 Å². The van der Waals surface area contributed by atoms with E-state index in [-0.39, 0.29) is 16.3 Å². The van der Waals surface area contributed by atoms with Gasteiger partial charge in [0.15, 0.2) is 0 Å². The van der Waals surface area contributed by atoms with Crippen LogP contribution in [0.5, 0.6) is 0 Å². The largest absolute Gasteiger partial charge is 0.369 e. The van der Waals surface area contributed by atoms with E-state index in [0.717, 1.165) is 33.3 Å². The summed E-state index contributed by atoms with van der Waals surface area (Å²) in [5.41, 5.74) is 7.07. The van der Waals surface area contributed by atoms with Crippen LogP contribution in [0.4, 0.5) is 4.39 Å². The highest BCUT2D eigenvalue weighted by atomic mass is 32.3. The van der Waals surface area contributed by atoms with Crippen LogP contribution >= 0.6 is 11.8 Å². The number of carbonyl (C=O) groups excluding carboxylic acids is 2. The van der Waals surface area contributed by atoms with E-state index in [1.54, 1.807) is 0 Å². The van der Waals surface area contributed by atoms with Crippen molar-refractivity contribution in [2.45, 2.75) is 18.8 Å². The molecule has 0 aromatic heterocycles. The van der Waals surface area contributed by atoms with Crippen LogP contribution in [0.25, 0.3) is 0 Å². The second-order valence-electron chi connectivity index (χ2n) is 7.15. The summed E-state index contributed by atoms with van der Waals surface area (Å²) in [6.45, 7) is 2.07. The predicted octanol–water partition coefficient (Wildman–Crippen LogP) is 2.34. The van der Waals surface area contributed by atoms with Crippen molar-refractivity contribution in [2.75, 3.05) is 7.05 Å². The average molecular weight is 464 g/mol. The monoisotopic (exact) mass is 463 g/mol. The smallest absolute Gasteiger partial charge is 0.255 e. The van der Waals surface area contributed by atoms with Crippen molar-refractivity contribution >= 4 is 33.6 Å². The zero-order valence-corrected chi connectivity index (χ0v) is 18.5. The van der Waals surface area contributed by atoms with Gasteiger partial charge >= 0.3 is 0 Å². The number of aryl methyl sites for hydroxylation is 1. The number of hydrogen-bond acceptors (Lipinski definition) is 5. The summed E-state index contributed by atoms with van der Waals surface area (Å²) >= 11 is 0.800. The molecule has 0 radical (unpaired) electrons. The number of sulfonamides is 1. The second-order valence-corrected chi connectivity index (χ2v) is 10.6. The fourth-order valence-corrected chi connectivity index (χ4v) is 6.14. The van der Waals surface area contributed by atoms with Crippen LogP contribution in [0.1, 0.15) is 21.5 Å². The number of benzene rings is 2. The molecule has 164 valence electrons. The maximum Gasteiger partial charge on any atom is 0.255 e. The first-order chi connectivity index (χ1) is 14.6. The Kier molecular flexibility index (Phi) is 6.83. The van der Waals surface area contributed by atoms with Crippen molar-refractivity contribution in [3.8, 4) is 0 Å². The molecule has 2 aromatic rings. The maximum absolute atomic E-state index is 13.9. The fourth-order valence-electron chi connectivity index (χ4n) is 3.01. The van der Waals surface area contributed by atoms with E-state index >= 15 is 0 Å². The molecular weight excluding hydrogens is 441 g/mol. The lowest BCUT2D eigenvalue weighted by Gasteiger charge is -2.20. The topological polar surface area (TPSA) is 110 Å². The molecule has 1 heterocycles. The zero-order valence-electron chi connectivity index (χ0n) is 16.9. The highest BCUT2D eigenvalue weighted by Crippen LogP contribution is 2.39. The van der Waals surface area contributed by atoms with E-state index in [1.165, 1.54) is 31.3 Å². The first-order valence-electron chi connectivity index (χ1n) is 9.34. The van der Waals surface area contributed by atoms with Gasteiger partial charge < -0.3 is 11.1 Å². The Morgan fingerprint density at radius 3 is 2.42 bits per heavy atom. The Hall–Kier alpha value is -2.69. The molecule has 2 atom stereocenters. The molecule has 0 spiro atoms. The van der Waals surface area contributed by atoms with Gasteiger partial charge in [0.25, 0.3) is 5.91 Å². The van der Waals surface area contributed by atoms with E-state index in [2.05, 4.69) is 5.32 Å². The van der Waals surface area contributed by atoms with E-state index in [0.29, 0.717) is 0 Å². The first-order valence-corrected chi connectivity index (χ1v) is 11.7. The van der Waals surface area contributed by atoms with Crippen molar-refractivity contribution < 1.29 is 22.4 Å². The Bertz CT molecular complexity index is 1130. The standard InChI is InChI=1S/C21H22FN3O4S2/c1-13-7-9-14(10-8-13)12-25(2)31(28,29)18-11-16(19(23)26)21(30-18)24-20(27)15-5-3-4-6-17(15)22/h3-11,16,21H,12H2,1-2H3,(H2,23,26)(H,24,27). The minimum absolute atomic E-state index is 0.0928. The van der Waals surface area contributed by atoms with E-state index in [9.17, 15) is 22.4 Å². The van der Waals surface area contributed by atoms with Crippen LogP contribution in [0.3, 0.4) is 0 Å². The Morgan fingerprint density at radius 2 is 1.81 bits per heavy atom. The molecule has 7 nitrogen and oxygen atoms in total. The lowest BCUT2D eigenvalue weighted by Crippen LogP contribution is -2.41. The average Bonchev–Trinajstić information content (AvgIpc) is 3.14. The van der Waals surface area contributed by atoms with Gasteiger partial charge in [-0.1, -0.05) is 53.7 Å². The number of hydrogen-bond donors (Lipinski definition) is 2. The van der Waals surface area contributed by atoms with Gasteiger partial charge in [-0.3, -0.25) is 9.59 Å².